The third kappa shape index (κ3) is 5.02. The number of hydrogen-bond acceptors (Lipinski definition) is 7. The van der Waals surface area contributed by atoms with Crippen LogP contribution in [0.5, 0.6) is 11.5 Å². The molecule has 0 spiro atoms. The molecule has 2 aromatic rings. The Morgan fingerprint density at radius 3 is 2.93 bits per heavy atom. The van der Waals surface area contributed by atoms with Crippen LogP contribution in [0.15, 0.2) is 28.9 Å². The SMILES string of the molecule is CCC(C)N(Cc1ccc2c(c1)OCO2)Cc1nc(C(=O)NCCOC)co1. The number of nitrogens with one attached hydrogen (secondary N) is 1. The third-order valence-electron chi connectivity index (χ3n) is 4.75. The van der Waals surface area contributed by atoms with Gasteiger partial charge in [-0.2, -0.15) is 0 Å². The molecule has 1 N–H and O–H groups in total. The molecule has 0 radical (unpaired) electrons. The second kappa shape index (κ2) is 9.57. The highest BCUT2D eigenvalue weighted by atomic mass is 16.7. The van der Waals surface area contributed by atoms with Gasteiger partial charge in [-0.1, -0.05) is 13.0 Å². The molecule has 1 atom stereocenters. The molecule has 1 aliphatic heterocycles. The number of oxazole rings is 1. The number of fused-ring (bicyclic) bond motifs is 1. The lowest BCUT2D eigenvalue weighted by Crippen LogP contribution is -2.32. The van der Waals surface area contributed by atoms with Crippen molar-refractivity contribution in [3.8, 4) is 11.5 Å². The quantitative estimate of drug-likeness (QED) is 0.625. The molecule has 28 heavy (non-hydrogen) atoms. The van der Waals surface area contributed by atoms with E-state index in [-0.39, 0.29) is 18.4 Å². The van der Waals surface area contributed by atoms with Crippen LogP contribution in [-0.2, 0) is 17.8 Å². The van der Waals surface area contributed by atoms with Gasteiger partial charge in [0.1, 0.15) is 6.26 Å². The molecule has 8 nitrogen and oxygen atoms in total. The van der Waals surface area contributed by atoms with Crippen molar-refractivity contribution in [1.82, 2.24) is 15.2 Å². The van der Waals surface area contributed by atoms with Crippen LogP contribution in [0.4, 0.5) is 0 Å². The van der Waals surface area contributed by atoms with Gasteiger partial charge in [0.25, 0.3) is 5.91 Å². The van der Waals surface area contributed by atoms with Crippen molar-refractivity contribution in [2.45, 2.75) is 39.4 Å². The van der Waals surface area contributed by atoms with Crippen molar-refractivity contribution in [1.29, 1.82) is 0 Å². The van der Waals surface area contributed by atoms with Crippen LogP contribution in [0.1, 0.15) is 42.2 Å². The summed E-state index contributed by atoms with van der Waals surface area (Å²) in [5, 5.41) is 2.74. The first-order valence-electron chi connectivity index (χ1n) is 9.44. The minimum absolute atomic E-state index is 0.263. The summed E-state index contributed by atoms with van der Waals surface area (Å²) in [6, 6.07) is 6.28. The molecule has 3 rings (SSSR count). The fourth-order valence-electron chi connectivity index (χ4n) is 2.92. The Balaban J connectivity index is 1.65. The average molecular weight is 389 g/mol. The van der Waals surface area contributed by atoms with Crippen molar-refractivity contribution >= 4 is 5.91 Å². The summed E-state index contributed by atoms with van der Waals surface area (Å²) in [5.74, 6) is 1.79. The number of rotatable bonds is 10. The average Bonchev–Trinajstić information content (AvgIpc) is 3.36. The van der Waals surface area contributed by atoms with Gasteiger partial charge in [0, 0.05) is 26.2 Å². The van der Waals surface area contributed by atoms with E-state index in [1.807, 2.05) is 18.2 Å². The molecule has 1 aromatic carbocycles. The van der Waals surface area contributed by atoms with Crippen molar-refractivity contribution in [2.24, 2.45) is 0 Å². The van der Waals surface area contributed by atoms with E-state index >= 15 is 0 Å². The van der Waals surface area contributed by atoms with Crippen molar-refractivity contribution in [3.63, 3.8) is 0 Å². The van der Waals surface area contributed by atoms with E-state index in [1.54, 1.807) is 7.11 Å². The normalized spacial score (nSPS) is 13.7. The highest BCUT2D eigenvalue weighted by molar-refractivity contribution is 5.91. The number of nitrogens with zero attached hydrogens (tertiary/aromatic N) is 2. The largest absolute Gasteiger partial charge is 0.454 e. The molecule has 0 saturated heterocycles. The van der Waals surface area contributed by atoms with E-state index in [0.29, 0.717) is 38.2 Å². The van der Waals surface area contributed by atoms with E-state index < -0.39 is 0 Å². The van der Waals surface area contributed by atoms with Crippen LogP contribution >= 0.6 is 0 Å². The molecule has 2 heterocycles. The van der Waals surface area contributed by atoms with Gasteiger partial charge in [0.15, 0.2) is 17.2 Å². The third-order valence-corrected chi connectivity index (χ3v) is 4.75. The Labute approximate surface area is 164 Å². The molecule has 0 fully saturated rings. The van der Waals surface area contributed by atoms with Gasteiger partial charge in [-0.05, 0) is 31.0 Å². The van der Waals surface area contributed by atoms with Crippen LogP contribution in [0.25, 0.3) is 0 Å². The standard InChI is InChI=1S/C20H27N3O5/c1-4-14(2)23(10-15-5-6-17-18(9-15)28-13-27-17)11-19-22-16(12-26-19)20(24)21-7-8-25-3/h5-6,9,12,14H,4,7-8,10-11,13H2,1-3H3,(H,21,24). The Morgan fingerprint density at radius 2 is 2.14 bits per heavy atom. The Morgan fingerprint density at radius 1 is 1.32 bits per heavy atom. The number of carbonyl (C=O) groups excluding carboxylic acids is 1. The number of hydrogen-bond donors (Lipinski definition) is 1. The minimum Gasteiger partial charge on any atom is -0.454 e. The Hall–Kier alpha value is -2.58. The summed E-state index contributed by atoms with van der Waals surface area (Å²) >= 11 is 0. The van der Waals surface area contributed by atoms with Gasteiger partial charge in [0.2, 0.25) is 12.7 Å². The summed E-state index contributed by atoms with van der Waals surface area (Å²) < 4.78 is 21.3. The summed E-state index contributed by atoms with van der Waals surface area (Å²) in [5.41, 5.74) is 1.40. The fraction of sp³-hybridized carbons (Fsp3) is 0.500. The molecule has 1 aromatic heterocycles. The van der Waals surface area contributed by atoms with Crippen LogP contribution in [-0.4, -0.2) is 48.9 Å². The molecular weight excluding hydrogens is 362 g/mol. The van der Waals surface area contributed by atoms with Crippen LogP contribution in [0.2, 0.25) is 0 Å². The van der Waals surface area contributed by atoms with Gasteiger partial charge in [-0.15, -0.1) is 0 Å². The molecule has 152 valence electrons. The lowest BCUT2D eigenvalue weighted by atomic mass is 10.1. The number of carbonyl (C=O) groups is 1. The van der Waals surface area contributed by atoms with Crippen molar-refractivity contribution in [2.75, 3.05) is 27.1 Å². The maximum Gasteiger partial charge on any atom is 0.273 e. The van der Waals surface area contributed by atoms with Crippen molar-refractivity contribution < 1.29 is 23.4 Å². The summed E-state index contributed by atoms with van der Waals surface area (Å²) in [6.07, 6.45) is 2.38. The van der Waals surface area contributed by atoms with Crippen molar-refractivity contribution in [3.05, 3.63) is 41.6 Å². The number of aromatic nitrogens is 1. The van der Waals surface area contributed by atoms with Crippen LogP contribution in [0, 0.1) is 0 Å². The second-order valence-corrected chi connectivity index (χ2v) is 6.73. The molecule has 0 saturated carbocycles. The van der Waals surface area contributed by atoms with Gasteiger partial charge >= 0.3 is 0 Å². The predicted molar refractivity (Wildman–Crippen MR) is 102 cm³/mol. The van der Waals surface area contributed by atoms with E-state index in [1.165, 1.54) is 6.26 Å². The van der Waals surface area contributed by atoms with E-state index in [9.17, 15) is 4.79 Å². The number of ether oxygens (including phenoxy) is 3. The lowest BCUT2D eigenvalue weighted by Gasteiger charge is -2.27. The van der Waals surface area contributed by atoms with Gasteiger partial charge in [-0.3, -0.25) is 9.69 Å². The molecule has 1 aliphatic rings. The molecule has 8 heteroatoms. The first-order chi connectivity index (χ1) is 13.6. The zero-order valence-corrected chi connectivity index (χ0v) is 16.6. The Kier molecular flexibility index (Phi) is 6.89. The summed E-state index contributed by atoms with van der Waals surface area (Å²) in [4.78, 5) is 18.7. The molecular formula is C20H27N3O5. The molecule has 1 amide bonds. The van der Waals surface area contributed by atoms with Crippen LogP contribution in [0.3, 0.4) is 0 Å². The second-order valence-electron chi connectivity index (χ2n) is 6.73. The highest BCUT2D eigenvalue weighted by Crippen LogP contribution is 2.33. The van der Waals surface area contributed by atoms with Gasteiger partial charge < -0.3 is 23.9 Å². The highest BCUT2D eigenvalue weighted by Gasteiger charge is 2.20. The van der Waals surface area contributed by atoms with Gasteiger partial charge in [-0.25, -0.2) is 4.98 Å². The number of benzene rings is 1. The topological polar surface area (TPSA) is 86.1 Å². The zero-order valence-electron chi connectivity index (χ0n) is 16.6. The van der Waals surface area contributed by atoms with E-state index in [0.717, 1.165) is 23.5 Å². The minimum atomic E-state index is -0.266. The number of amides is 1. The van der Waals surface area contributed by atoms with Crippen LogP contribution < -0.4 is 14.8 Å². The first kappa shape index (κ1) is 20.2. The zero-order chi connectivity index (χ0) is 19.9. The predicted octanol–water partition coefficient (Wildman–Crippen LogP) is 2.58. The Bertz CT molecular complexity index is 792. The lowest BCUT2D eigenvalue weighted by molar-refractivity contribution is 0.0932. The maximum absolute atomic E-state index is 12.1. The smallest absolute Gasteiger partial charge is 0.273 e. The summed E-state index contributed by atoms with van der Waals surface area (Å²) in [7, 11) is 1.59. The maximum atomic E-state index is 12.1. The number of methoxy groups -OCH3 is 1. The van der Waals surface area contributed by atoms with E-state index in [4.69, 9.17) is 18.6 Å². The first-order valence-corrected chi connectivity index (χ1v) is 9.44. The summed E-state index contributed by atoms with van der Waals surface area (Å²) in [6.45, 7) is 6.67. The molecule has 0 bridgehead atoms. The fourth-order valence-corrected chi connectivity index (χ4v) is 2.92. The van der Waals surface area contributed by atoms with E-state index in [2.05, 4.69) is 29.0 Å². The monoisotopic (exact) mass is 389 g/mol. The molecule has 1 unspecified atom stereocenters. The molecule has 0 aliphatic carbocycles. The van der Waals surface area contributed by atoms with Gasteiger partial charge in [0.05, 0.1) is 13.2 Å².